The summed E-state index contributed by atoms with van der Waals surface area (Å²) in [7, 11) is 0. The average Bonchev–Trinajstić information content (AvgIpc) is 3.09. The standard InChI is InChI=1S/C11H9N3.C9H8O4/c12-8-11-13-6-7-14(11)9-10-4-2-1-3-5-10;1-5-2-6(8(10)11)4-7(3-5)9(12)13/h1-7H,9H2;2-4H,1H3,(H,10,11)(H,12,13). The Morgan fingerprint density at radius 1 is 1.07 bits per heavy atom. The summed E-state index contributed by atoms with van der Waals surface area (Å²) in [6.07, 6.45) is 3.45. The van der Waals surface area contributed by atoms with Gasteiger partial charge in [0.25, 0.3) is 0 Å². The van der Waals surface area contributed by atoms with Crippen molar-refractivity contribution in [2.24, 2.45) is 0 Å². The predicted molar refractivity (Wildman–Crippen MR) is 97.6 cm³/mol. The van der Waals surface area contributed by atoms with Gasteiger partial charge in [-0.3, -0.25) is 0 Å². The zero-order valence-electron chi connectivity index (χ0n) is 14.5. The Hall–Kier alpha value is -3.92. The molecule has 0 radical (unpaired) electrons. The highest BCUT2D eigenvalue weighted by Gasteiger charge is 2.09. The molecule has 0 fully saturated rings. The second kappa shape index (κ2) is 8.97. The Morgan fingerprint density at radius 3 is 2.19 bits per heavy atom. The van der Waals surface area contributed by atoms with Crippen LogP contribution in [0.3, 0.4) is 0 Å². The molecule has 136 valence electrons. The zero-order valence-corrected chi connectivity index (χ0v) is 14.5. The van der Waals surface area contributed by atoms with Crippen molar-refractivity contribution < 1.29 is 19.8 Å². The SMILES string of the molecule is Cc1cc(C(=O)O)cc(C(=O)O)c1.N#Cc1nccn1Cc1ccccc1. The van der Waals surface area contributed by atoms with Crippen LogP contribution in [0, 0.1) is 18.3 Å². The number of carboxylic acids is 2. The molecule has 7 heteroatoms. The van der Waals surface area contributed by atoms with Gasteiger partial charge in [-0.05, 0) is 36.2 Å². The molecule has 0 saturated heterocycles. The topological polar surface area (TPSA) is 116 Å². The lowest BCUT2D eigenvalue weighted by molar-refractivity contribution is 0.0696. The van der Waals surface area contributed by atoms with E-state index in [4.69, 9.17) is 15.5 Å². The third-order valence-corrected chi connectivity index (χ3v) is 3.58. The number of aromatic carboxylic acids is 2. The monoisotopic (exact) mass is 363 g/mol. The van der Waals surface area contributed by atoms with Gasteiger partial charge in [0.15, 0.2) is 0 Å². The lowest BCUT2D eigenvalue weighted by atomic mass is 10.1. The van der Waals surface area contributed by atoms with Gasteiger partial charge >= 0.3 is 11.9 Å². The Kier molecular flexibility index (Phi) is 6.44. The molecule has 0 spiro atoms. The lowest BCUT2D eigenvalue weighted by Crippen LogP contribution is -2.02. The summed E-state index contributed by atoms with van der Waals surface area (Å²) in [6.45, 7) is 2.35. The first-order valence-corrected chi connectivity index (χ1v) is 7.94. The summed E-state index contributed by atoms with van der Waals surface area (Å²) in [5.74, 6) is -1.79. The number of rotatable bonds is 4. The van der Waals surface area contributed by atoms with Gasteiger partial charge in [0, 0.05) is 18.9 Å². The summed E-state index contributed by atoms with van der Waals surface area (Å²) in [4.78, 5) is 25.0. The highest BCUT2D eigenvalue weighted by molar-refractivity contribution is 5.94. The first-order valence-electron chi connectivity index (χ1n) is 7.94. The van der Waals surface area contributed by atoms with E-state index in [0.717, 1.165) is 6.07 Å². The van der Waals surface area contributed by atoms with Crippen LogP contribution in [0.5, 0.6) is 0 Å². The van der Waals surface area contributed by atoms with Gasteiger partial charge < -0.3 is 14.8 Å². The Bertz CT molecular complexity index is 956. The average molecular weight is 363 g/mol. The van der Waals surface area contributed by atoms with Crippen LogP contribution >= 0.6 is 0 Å². The van der Waals surface area contributed by atoms with Gasteiger partial charge in [-0.2, -0.15) is 5.26 Å². The van der Waals surface area contributed by atoms with Crippen molar-refractivity contribution in [1.82, 2.24) is 9.55 Å². The van der Waals surface area contributed by atoms with E-state index in [0.29, 0.717) is 17.9 Å². The molecule has 2 aromatic carbocycles. The molecule has 0 bridgehead atoms. The summed E-state index contributed by atoms with van der Waals surface area (Å²) >= 11 is 0. The normalized spacial score (nSPS) is 9.63. The van der Waals surface area contributed by atoms with Crippen LogP contribution in [0.15, 0.2) is 60.9 Å². The van der Waals surface area contributed by atoms with Gasteiger partial charge in [-0.15, -0.1) is 0 Å². The second-order valence-electron chi connectivity index (χ2n) is 5.67. The molecule has 27 heavy (non-hydrogen) atoms. The van der Waals surface area contributed by atoms with Crippen molar-refractivity contribution in [2.45, 2.75) is 13.5 Å². The molecule has 0 aliphatic rings. The third-order valence-electron chi connectivity index (χ3n) is 3.58. The van der Waals surface area contributed by atoms with E-state index in [-0.39, 0.29) is 11.1 Å². The lowest BCUT2D eigenvalue weighted by Gasteiger charge is -2.02. The number of hydrogen-bond acceptors (Lipinski definition) is 4. The second-order valence-corrected chi connectivity index (χ2v) is 5.67. The van der Waals surface area contributed by atoms with Crippen molar-refractivity contribution in [3.63, 3.8) is 0 Å². The fourth-order valence-electron chi connectivity index (χ4n) is 2.36. The number of imidazole rings is 1. The minimum Gasteiger partial charge on any atom is -0.478 e. The van der Waals surface area contributed by atoms with E-state index >= 15 is 0 Å². The van der Waals surface area contributed by atoms with Gasteiger partial charge in [-0.1, -0.05) is 30.3 Å². The largest absolute Gasteiger partial charge is 0.478 e. The third kappa shape index (κ3) is 5.54. The summed E-state index contributed by atoms with van der Waals surface area (Å²) in [5, 5.41) is 26.0. The smallest absolute Gasteiger partial charge is 0.335 e. The maximum Gasteiger partial charge on any atom is 0.335 e. The fraction of sp³-hybridized carbons (Fsp3) is 0.100. The predicted octanol–water partition coefficient (Wildman–Crippen LogP) is 3.19. The first kappa shape index (κ1) is 19.4. The molecule has 2 N–H and O–H groups in total. The Morgan fingerprint density at radius 2 is 1.67 bits per heavy atom. The molecule has 0 unspecified atom stereocenters. The molecule has 3 rings (SSSR count). The highest BCUT2D eigenvalue weighted by Crippen LogP contribution is 2.09. The van der Waals surface area contributed by atoms with E-state index in [2.05, 4.69) is 4.98 Å². The quantitative estimate of drug-likeness (QED) is 0.735. The first-order chi connectivity index (χ1) is 12.9. The molecule has 0 amide bonds. The van der Waals surface area contributed by atoms with Crippen molar-refractivity contribution in [1.29, 1.82) is 5.26 Å². The number of aromatic nitrogens is 2. The maximum atomic E-state index is 10.5. The molecule has 0 aliphatic carbocycles. The summed E-state index contributed by atoms with van der Waals surface area (Å²) < 4.78 is 1.83. The van der Waals surface area contributed by atoms with Crippen LogP contribution in [0.2, 0.25) is 0 Å². The number of aryl methyl sites for hydroxylation is 1. The van der Waals surface area contributed by atoms with Crippen molar-refractivity contribution >= 4 is 11.9 Å². The number of hydrogen-bond donors (Lipinski definition) is 2. The minimum absolute atomic E-state index is 0.00241. The minimum atomic E-state index is -1.12. The van der Waals surface area contributed by atoms with E-state index in [9.17, 15) is 9.59 Å². The summed E-state index contributed by atoms with van der Waals surface area (Å²) in [5.41, 5.74) is 1.79. The van der Waals surface area contributed by atoms with Crippen LogP contribution in [-0.2, 0) is 6.54 Å². The van der Waals surface area contributed by atoms with E-state index < -0.39 is 11.9 Å². The van der Waals surface area contributed by atoms with Gasteiger partial charge in [0.2, 0.25) is 5.82 Å². The Labute approximate surface area is 155 Å². The number of carboxylic acid groups (broad SMARTS) is 2. The zero-order chi connectivity index (χ0) is 19.8. The van der Waals surface area contributed by atoms with Gasteiger partial charge in [-0.25, -0.2) is 14.6 Å². The Balaban J connectivity index is 0.000000194. The van der Waals surface area contributed by atoms with Crippen molar-refractivity contribution in [2.75, 3.05) is 0 Å². The van der Waals surface area contributed by atoms with Gasteiger partial charge in [0.05, 0.1) is 11.1 Å². The molecular weight excluding hydrogens is 346 g/mol. The number of nitriles is 1. The number of benzene rings is 2. The van der Waals surface area contributed by atoms with E-state index in [1.807, 2.05) is 47.2 Å². The van der Waals surface area contributed by atoms with E-state index in [1.165, 1.54) is 17.7 Å². The fourth-order valence-corrected chi connectivity index (χ4v) is 2.36. The van der Waals surface area contributed by atoms with Crippen LogP contribution in [0.4, 0.5) is 0 Å². The molecule has 1 heterocycles. The van der Waals surface area contributed by atoms with Crippen LogP contribution in [-0.4, -0.2) is 31.7 Å². The van der Waals surface area contributed by atoms with Crippen molar-refractivity contribution in [3.05, 3.63) is 89.0 Å². The highest BCUT2D eigenvalue weighted by atomic mass is 16.4. The van der Waals surface area contributed by atoms with Crippen molar-refractivity contribution in [3.8, 4) is 6.07 Å². The molecular formula is C20H17N3O4. The number of carbonyl (C=O) groups is 2. The molecule has 7 nitrogen and oxygen atoms in total. The molecule has 0 atom stereocenters. The molecule has 0 aliphatic heterocycles. The summed E-state index contributed by atoms with van der Waals surface area (Å²) in [6, 6.07) is 16.0. The van der Waals surface area contributed by atoms with Crippen LogP contribution in [0.25, 0.3) is 0 Å². The van der Waals surface area contributed by atoms with E-state index in [1.54, 1.807) is 13.1 Å². The van der Waals surface area contributed by atoms with Crippen LogP contribution in [0.1, 0.15) is 37.7 Å². The maximum absolute atomic E-state index is 10.5. The van der Waals surface area contributed by atoms with Gasteiger partial charge in [0.1, 0.15) is 6.07 Å². The molecule has 3 aromatic rings. The van der Waals surface area contributed by atoms with Crippen LogP contribution < -0.4 is 0 Å². The molecule has 0 saturated carbocycles. The number of nitrogens with zero attached hydrogens (tertiary/aromatic N) is 3. The molecule has 1 aromatic heterocycles.